The number of nitrogens with zero attached hydrogens (tertiary/aromatic N) is 1. The molecule has 1 aromatic heterocycles. The standard InChI is InChI=1S/C22H33N3O4/c1-6-12-28-18-10-9-17(13-19(18)27-5)14-24-21(23-7-2)25-15-22(4,26)20-11-8-16(3)29-20/h8-11,13,26H,6-7,12,14-15H2,1-5H3,(H2,23,24,25). The fourth-order valence-electron chi connectivity index (χ4n) is 2.72. The van der Waals surface area contributed by atoms with Gasteiger partial charge < -0.3 is 29.6 Å². The van der Waals surface area contributed by atoms with Gasteiger partial charge in [-0.25, -0.2) is 4.99 Å². The Morgan fingerprint density at radius 2 is 1.97 bits per heavy atom. The van der Waals surface area contributed by atoms with Gasteiger partial charge in [0.2, 0.25) is 0 Å². The third-order valence-electron chi connectivity index (χ3n) is 4.32. The van der Waals surface area contributed by atoms with Gasteiger partial charge >= 0.3 is 0 Å². The van der Waals surface area contributed by atoms with E-state index in [0.717, 1.165) is 23.5 Å². The number of methoxy groups -OCH3 is 1. The van der Waals surface area contributed by atoms with Crippen molar-refractivity contribution in [2.75, 3.05) is 26.8 Å². The number of hydrogen-bond acceptors (Lipinski definition) is 5. The molecule has 0 bridgehead atoms. The molecule has 0 fully saturated rings. The first-order valence-corrected chi connectivity index (χ1v) is 10.0. The number of rotatable bonds is 10. The lowest BCUT2D eigenvalue weighted by Crippen LogP contribution is -2.44. The predicted octanol–water partition coefficient (Wildman–Crippen LogP) is 3.35. The molecular weight excluding hydrogens is 370 g/mol. The summed E-state index contributed by atoms with van der Waals surface area (Å²) in [5, 5.41) is 17.1. The van der Waals surface area contributed by atoms with Crippen LogP contribution >= 0.6 is 0 Å². The van der Waals surface area contributed by atoms with Gasteiger partial charge in [-0.05, 0) is 57.0 Å². The summed E-state index contributed by atoms with van der Waals surface area (Å²) < 4.78 is 16.7. The van der Waals surface area contributed by atoms with Crippen LogP contribution in [0.3, 0.4) is 0 Å². The van der Waals surface area contributed by atoms with Gasteiger partial charge in [0.25, 0.3) is 0 Å². The number of hydrogen-bond donors (Lipinski definition) is 3. The molecule has 3 N–H and O–H groups in total. The summed E-state index contributed by atoms with van der Waals surface area (Å²) >= 11 is 0. The molecule has 0 aliphatic rings. The second-order valence-corrected chi connectivity index (χ2v) is 7.07. The Morgan fingerprint density at radius 1 is 1.17 bits per heavy atom. The summed E-state index contributed by atoms with van der Waals surface area (Å²) in [5.41, 5.74) is -0.150. The average molecular weight is 404 g/mol. The maximum atomic E-state index is 10.7. The highest BCUT2D eigenvalue weighted by molar-refractivity contribution is 5.79. The van der Waals surface area contributed by atoms with Gasteiger partial charge in [0.15, 0.2) is 17.5 Å². The maximum Gasteiger partial charge on any atom is 0.191 e. The third kappa shape index (κ3) is 6.71. The molecule has 2 rings (SSSR count). The second-order valence-electron chi connectivity index (χ2n) is 7.07. The van der Waals surface area contributed by atoms with Crippen LogP contribution in [0.25, 0.3) is 0 Å². The summed E-state index contributed by atoms with van der Waals surface area (Å²) in [7, 11) is 1.63. The lowest BCUT2D eigenvalue weighted by Gasteiger charge is -2.23. The largest absolute Gasteiger partial charge is 0.493 e. The number of nitrogens with one attached hydrogen (secondary N) is 2. The molecule has 7 heteroatoms. The summed E-state index contributed by atoms with van der Waals surface area (Å²) in [4.78, 5) is 4.61. The molecular formula is C22H33N3O4. The predicted molar refractivity (Wildman–Crippen MR) is 115 cm³/mol. The Balaban J connectivity index is 2.04. The van der Waals surface area contributed by atoms with E-state index < -0.39 is 5.60 Å². The van der Waals surface area contributed by atoms with Gasteiger partial charge in [-0.15, -0.1) is 0 Å². The number of furan rings is 1. The van der Waals surface area contributed by atoms with Crippen LogP contribution in [0, 0.1) is 6.92 Å². The van der Waals surface area contributed by atoms with Crippen LogP contribution in [-0.2, 0) is 12.1 Å². The van der Waals surface area contributed by atoms with E-state index in [1.807, 2.05) is 38.1 Å². The second kappa shape index (κ2) is 10.8. The number of aryl methyl sites for hydroxylation is 1. The quantitative estimate of drug-likeness (QED) is 0.416. The zero-order chi connectivity index (χ0) is 21.3. The maximum absolute atomic E-state index is 10.7. The smallest absolute Gasteiger partial charge is 0.191 e. The van der Waals surface area contributed by atoms with E-state index in [-0.39, 0.29) is 6.54 Å². The highest BCUT2D eigenvalue weighted by Crippen LogP contribution is 2.28. The Labute approximate surface area is 173 Å². The molecule has 2 aromatic rings. The molecule has 160 valence electrons. The summed E-state index contributed by atoms with van der Waals surface area (Å²) in [6, 6.07) is 9.44. The highest BCUT2D eigenvalue weighted by Gasteiger charge is 2.27. The minimum Gasteiger partial charge on any atom is -0.493 e. The summed E-state index contributed by atoms with van der Waals surface area (Å²) in [6.45, 7) is 9.70. The first-order chi connectivity index (χ1) is 13.9. The first-order valence-electron chi connectivity index (χ1n) is 10.0. The summed E-state index contributed by atoms with van der Waals surface area (Å²) in [5.74, 6) is 3.32. The van der Waals surface area contributed by atoms with Gasteiger partial charge in [0, 0.05) is 6.54 Å². The topological polar surface area (TPSA) is 88.2 Å². The Bertz CT molecular complexity index is 799. The molecule has 29 heavy (non-hydrogen) atoms. The minimum absolute atomic E-state index is 0.263. The Morgan fingerprint density at radius 3 is 2.59 bits per heavy atom. The van der Waals surface area contributed by atoms with Gasteiger partial charge in [-0.3, -0.25) is 0 Å². The van der Waals surface area contributed by atoms with Crippen LogP contribution in [-0.4, -0.2) is 37.9 Å². The van der Waals surface area contributed by atoms with Crippen LogP contribution in [0.4, 0.5) is 0 Å². The van der Waals surface area contributed by atoms with Crippen molar-refractivity contribution in [3.8, 4) is 11.5 Å². The zero-order valence-corrected chi connectivity index (χ0v) is 18.0. The number of ether oxygens (including phenoxy) is 2. The van der Waals surface area contributed by atoms with Crippen molar-refractivity contribution in [1.82, 2.24) is 10.6 Å². The number of aliphatic imine (C=N–C) groups is 1. The molecule has 0 saturated carbocycles. The van der Waals surface area contributed by atoms with Crippen molar-refractivity contribution >= 4 is 5.96 Å². The molecule has 0 spiro atoms. The lowest BCUT2D eigenvalue weighted by atomic mass is 10.0. The molecule has 0 amide bonds. The summed E-state index contributed by atoms with van der Waals surface area (Å²) in [6.07, 6.45) is 0.939. The number of benzene rings is 1. The number of guanidine groups is 1. The van der Waals surface area contributed by atoms with E-state index in [4.69, 9.17) is 13.9 Å². The van der Waals surface area contributed by atoms with E-state index in [1.165, 1.54) is 0 Å². The van der Waals surface area contributed by atoms with E-state index in [2.05, 4.69) is 22.5 Å². The van der Waals surface area contributed by atoms with E-state index in [1.54, 1.807) is 20.1 Å². The van der Waals surface area contributed by atoms with Gasteiger partial charge in [-0.2, -0.15) is 0 Å². The van der Waals surface area contributed by atoms with Crippen LogP contribution < -0.4 is 20.1 Å². The van der Waals surface area contributed by atoms with Crippen molar-refractivity contribution in [2.45, 2.75) is 46.3 Å². The molecule has 0 aliphatic heterocycles. The lowest BCUT2D eigenvalue weighted by molar-refractivity contribution is 0.0378. The van der Waals surface area contributed by atoms with Gasteiger partial charge in [0.05, 0.1) is 26.8 Å². The Hall–Kier alpha value is -2.67. The SMILES string of the molecule is CCCOc1ccc(CN=C(NCC)NCC(C)(O)c2ccc(C)o2)cc1OC. The monoisotopic (exact) mass is 403 g/mol. The fourth-order valence-corrected chi connectivity index (χ4v) is 2.72. The van der Waals surface area contributed by atoms with Gasteiger partial charge in [0.1, 0.15) is 17.1 Å². The van der Waals surface area contributed by atoms with Crippen LogP contribution in [0.1, 0.15) is 44.3 Å². The van der Waals surface area contributed by atoms with E-state index >= 15 is 0 Å². The van der Waals surface area contributed by atoms with Crippen LogP contribution in [0.15, 0.2) is 39.7 Å². The molecule has 0 aliphatic carbocycles. The average Bonchev–Trinajstić information content (AvgIpc) is 3.16. The zero-order valence-electron chi connectivity index (χ0n) is 18.0. The number of aliphatic hydroxyl groups is 1. The minimum atomic E-state index is -1.15. The van der Waals surface area contributed by atoms with Crippen molar-refractivity contribution in [1.29, 1.82) is 0 Å². The van der Waals surface area contributed by atoms with Crippen LogP contribution in [0.5, 0.6) is 11.5 Å². The van der Waals surface area contributed by atoms with Crippen LogP contribution in [0.2, 0.25) is 0 Å². The van der Waals surface area contributed by atoms with Gasteiger partial charge in [-0.1, -0.05) is 13.0 Å². The molecule has 0 radical (unpaired) electrons. The van der Waals surface area contributed by atoms with E-state index in [9.17, 15) is 5.11 Å². The molecule has 1 heterocycles. The van der Waals surface area contributed by atoms with Crippen molar-refractivity contribution in [2.24, 2.45) is 4.99 Å². The normalized spacial score (nSPS) is 13.7. The molecule has 0 saturated heterocycles. The van der Waals surface area contributed by atoms with Crippen molar-refractivity contribution in [3.05, 3.63) is 47.4 Å². The van der Waals surface area contributed by atoms with Crippen molar-refractivity contribution < 1.29 is 19.0 Å². The van der Waals surface area contributed by atoms with E-state index in [0.29, 0.717) is 37.2 Å². The Kier molecular flexibility index (Phi) is 8.39. The molecule has 1 unspecified atom stereocenters. The molecule has 1 atom stereocenters. The fraction of sp³-hybridized carbons (Fsp3) is 0.500. The molecule has 7 nitrogen and oxygen atoms in total. The highest BCUT2D eigenvalue weighted by atomic mass is 16.5. The first kappa shape index (κ1) is 22.6. The molecule has 1 aromatic carbocycles. The third-order valence-corrected chi connectivity index (χ3v) is 4.32. The van der Waals surface area contributed by atoms with Crippen molar-refractivity contribution in [3.63, 3.8) is 0 Å².